The molecule has 1 heterocycles. The highest BCUT2D eigenvalue weighted by molar-refractivity contribution is 5.96. The summed E-state index contributed by atoms with van der Waals surface area (Å²) in [6.45, 7) is 2.38. The molecular formula is C12H17N3O. The number of aryl methyl sites for hydroxylation is 1. The second kappa shape index (κ2) is 4.22. The first-order chi connectivity index (χ1) is 7.68. The van der Waals surface area contributed by atoms with Crippen molar-refractivity contribution in [3.8, 4) is 0 Å². The van der Waals surface area contributed by atoms with Gasteiger partial charge in [-0.05, 0) is 31.4 Å². The molecule has 0 saturated heterocycles. The van der Waals surface area contributed by atoms with Crippen LogP contribution in [-0.2, 0) is 4.79 Å². The van der Waals surface area contributed by atoms with E-state index >= 15 is 0 Å². The first kappa shape index (κ1) is 11.1. The number of nitrogens with zero attached hydrogens (tertiary/aromatic N) is 1. The Kier molecular flexibility index (Phi) is 2.92. The molecule has 2 rings (SSSR count). The summed E-state index contributed by atoms with van der Waals surface area (Å²) in [7, 11) is 0. The Morgan fingerprint density at radius 2 is 2.38 bits per heavy atom. The quantitative estimate of drug-likeness (QED) is 0.808. The van der Waals surface area contributed by atoms with Crippen molar-refractivity contribution in [2.24, 2.45) is 11.1 Å². The maximum atomic E-state index is 12.1. The zero-order valence-electron chi connectivity index (χ0n) is 9.49. The number of amides is 1. The third-order valence-corrected chi connectivity index (χ3v) is 3.47. The maximum absolute atomic E-state index is 12.1. The van der Waals surface area contributed by atoms with Crippen molar-refractivity contribution in [1.82, 2.24) is 4.98 Å². The van der Waals surface area contributed by atoms with Crippen molar-refractivity contribution < 1.29 is 4.79 Å². The minimum atomic E-state index is -0.331. The number of anilines is 1. The van der Waals surface area contributed by atoms with Gasteiger partial charge in [0.2, 0.25) is 5.91 Å². The summed E-state index contributed by atoms with van der Waals surface area (Å²) >= 11 is 0. The summed E-state index contributed by atoms with van der Waals surface area (Å²) in [5, 5.41) is 2.92. The van der Waals surface area contributed by atoms with Gasteiger partial charge in [0, 0.05) is 12.7 Å². The van der Waals surface area contributed by atoms with Crippen LogP contribution in [0.2, 0.25) is 0 Å². The van der Waals surface area contributed by atoms with Crippen molar-refractivity contribution in [3.05, 3.63) is 24.0 Å². The van der Waals surface area contributed by atoms with Gasteiger partial charge in [-0.3, -0.25) is 9.78 Å². The molecule has 1 aliphatic rings. The van der Waals surface area contributed by atoms with E-state index in [2.05, 4.69) is 10.3 Å². The van der Waals surface area contributed by atoms with Gasteiger partial charge in [0.25, 0.3) is 0 Å². The van der Waals surface area contributed by atoms with Crippen molar-refractivity contribution >= 4 is 11.6 Å². The molecule has 0 radical (unpaired) electrons. The molecule has 0 unspecified atom stereocenters. The van der Waals surface area contributed by atoms with Gasteiger partial charge < -0.3 is 11.1 Å². The minimum absolute atomic E-state index is 0.0392. The van der Waals surface area contributed by atoms with E-state index in [4.69, 9.17) is 5.73 Å². The van der Waals surface area contributed by atoms with Gasteiger partial charge in [-0.1, -0.05) is 6.42 Å². The van der Waals surface area contributed by atoms with Gasteiger partial charge >= 0.3 is 0 Å². The maximum Gasteiger partial charge on any atom is 0.231 e. The zero-order chi connectivity index (χ0) is 11.6. The third kappa shape index (κ3) is 1.80. The minimum Gasteiger partial charge on any atom is -0.329 e. The lowest BCUT2D eigenvalue weighted by Crippen LogP contribution is -2.47. The van der Waals surface area contributed by atoms with Crippen LogP contribution in [0.3, 0.4) is 0 Å². The van der Waals surface area contributed by atoms with Crippen LogP contribution in [0.4, 0.5) is 5.69 Å². The van der Waals surface area contributed by atoms with Gasteiger partial charge in [0.15, 0.2) is 0 Å². The van der Waals surface area contributed by atoms with Crippen LogP contribution in [0.5, 0.6) is 0 Å². The summed E-state index contributed by atoms with van der Waals surface area (Å²) in [5.74, 6) is 0.0392. The summed E-state index contributed by atoms with van der Waals surface area (Å²) in [5.41, 5.74) is 7.16. The van der Waals surface area contributed by atoms with E-state index in [0.717, 1.165) is 30.5 Å². The molecule has 1 aliphatic carbocycles. The van der Waals surface area contributed by atoms with Gasteiger partial charge in [0.05, 0.1) is 17.3 Å². The highest BCUT2D eigenvalue weighted by Crippen LogP contribution is 2.40. The zero-order valence-corrected chi connectivity index (χ0v) is 9.49. The van der Waals surface area contributed by atoms with Gasteiger partial charge in [-0.15, -0.1) is 0 Å². The lowest BCUT2D eigenvalue weighted by molar-refractivity contribution is -0.129. The van der Waals surface area contributed by atoms with Crippen molar-refractivity contribution in [1.29, 1.82) is 0 Å². The number of nitrogens with one attached hydrogen (secondary N) is 1. The Hall–Kier alpha value is -1.42. The van der Waals surface area contributed by atoms with E-state index in [1.807, 2.05) is 13.0 Å². The number of hydrogen-bond donors (Lipinski definition) is 2. The first-order valence-electron chi connectivity index (χ1n) is 5.60. The van der Waals surface area contributed by atoms with E-state index in [0.29, 0.717) is 6.54 Å². The fourth-order valence-corrected chi connectivity index (χ4v) is 1.98. The highest BCUT2D eigenvalue weighted by atomic mass is 16.2. The Morgan fingerprint density at radius 1 is 1.62 bits per heavy atom. The third-order valence-electron chi connectivity index (χ3n) is 3.47. The number of aromatic nitrogens is 1. The number of pyridine rings is 1. The van der Waals surface area contributed by atoms with Crippen molar-refractivity contribution in [2.75, 3.05) is 11.9 Å². The summed E-state index contributed by atoms with van der Waals surface area (Å²) in [6, 6.07) is 1.88. The number of nitrogens with two attached hydrogens (primary N) is 1. The molecule has 3 N–H and O–H groups in total. The van der Waals surface area contributed by atoms with E-state index in [9.17, 15) is 4.79 Å². The van der Waals surface area contributed by atoms with Crippen LogP contribution in [0, 0.1) is 12.3 Å². The lowest BCUT2D eigenvalue weighted by atomic mass is 9.68. The van der Waals surface area contributed by atoms with E-state index in [1.165, 1.54) is 0 Å². The summed E-state index contributed by atoms with van der Waals surface area (Å²) in [4.78, 5) is 16.1. The predicted molar refractivity (Wildman–Crippen MR) is 62.9 cm³/mol. The van der Waals surface area contributed by atoms with Crippen LogP contribution in [0.1, 0.15) is 24.8 Å². The fraction of sp³-hybridized carbons (Fsp3) is 0.500. The highest BCUT2D eigenvalue weighted by Gasteiger charge is 2.42. The van der Waals surface area contributed by atoms with Crippen LogP contribution >= 0.6 is 0 Å². The molecule has 1 saturated carbocycles. The van der Waals surface area contributed by atoms with Crippen LogP contribution in [0.15, 0.2) is 18.5 Å². The Labute approximate surface area is 95.3 Å². The molecule has 0 aliphatic heterocycles. The van der Waals surface area contributed by atoms with Gasteiger partial charge in [-0.25, -0.2) is 0 Å². The van der Waals surface area contributed by atoms with E-state index in [1.54, 1.807) is 12.4 Å². The Bertz CT molecular complexity index is 393. The summed E-state index contributed by atoms with van der Waals surface area (Å²) in [6.07, 6.45) is 6.28. The van der Waals surface area contributed by atoms with Crippen molar-refractivity contribution in [3.63, 3.8) is 0 Å². The fourth-order valence-electron chi connectivity index (χ4n) is 1.98. The molecule has 4 heteroatoms. The number of rotatable bonds is 3. The smallest absolute Gasteiger partial charge is 0.231 e. The van der Waals surface area contributed by atoms with Crippen LogP contribution in [-0.4, -0.2) is 17.4 Å². The first-order valence-corrected chi connectivity index (χ1v) is 5.60. The SMILES string of the molecule is Cc1ccncc1NC(=O)C1(CN)CCC1. The summed E-state index contributed by atoms with van der Waals surface area (Å²) < 4.78 is 0. The van der Waals surface area contributed by atoms with Crippen molar-refractivity contribution in [2.45, 2.75) is 26.2 Å². The standard InChI is InChI=1S/C12H17N3O/c1-9-3-6-14-7-10(9)15-11(16)12(8-13)4-2-5-12/h3,6-7H,2,4-5,8,13H2,1H3,(H,15,16). The molecule has 0 aromatic carbocycles. The van der Waals surface area contributed by atoms with E-state index in [-0.39, 0.29) is 11.3 Å². The van der Waals surface area contributed by atoms with Gasteiger partial charge in [0.1, 0.15) is 0 Å². The van der Waals surface area contributed by atoms with Crippen LogP contribution < -0.4 is 11.1 Å². The topological polar surface area (TPSA) is 68.0 Å². The predicted octanol–water partition coefficient (Wildman–Crippen LogP) is 1.46. The molecule has 1 aromatic heterocycles. The molecule has 0 atom stereocenters. The molecule has 4 nitrogen and oxygen atoms in total. The normalized spacial score (nSPS) is 17.6. The largest absolute Gasteiger partial charge is 0.329 e. The molecule has 86 valence electrons. The Balaban J connectivity index is 2.10. The van der Waals surface area contributed by atoms with Crippen LogP contribution in [0.25, 0.3) is 0 Å². The molecule has 1 fully saturated rings. The van der Waals surface area contributed by atoms with Gasteiger partial charge in [-0.2, -0.15) is 0 Å². The monoisotopic (exact) mass is 219 g/mol. The number of carbonyl (C=O) groups is 1. The Morgan fingerprint density at radius 3 is 2.88 bits per heavy atom. The molecule has 0 bridgehead atoms. The molecule has 0 spiro atoms. The molecule has 1 aromatic rings. The number of carbonyl (C=O) groups excluding carboxylic acids is 1. The number of hydrogen-bond acceptors (Lipinski definition) is 3. The average Bonchev–Trinajstić information content (AvgIpc) is 2.21. The second-order valence-electron chi connectivity index (χ2n) is 4.48. The average molecular weight is 219 g/mol. The van der Waals surface area contributed by atoms with E-state index < -0.39 is 0 Å². The molecule has 1 amide bonds. The molecular weight excluding hydrogens is 202 g/mol. The molecule has 16 heavy (non-hydrogen) atoms. The lowest BCUT2D eigenvalue weighted by Gasteiger charge is -2.39. The second-order valence-corrected chi connectivity index (χ2v) is 4.48.